The molecule has 2 N–H and O–H groups in total. The molecule has 0 saturated heterocycles. The van der Waals surface area contributed by atoms with Gasteiger partial charge in [-0.25, -0.2) is 5.43 Å². The first kappa shape index (κ1) is 21.2. The lowest BCUT2D eigenvalue weighted by Gasteiger charge is -2.20. The molecule has 1 unspecified atom stereocenters. The monoisotopic (exact) mass is 425 g/mol. The van der Waals surface area contributed by atoms with E-state index in [9.17, 15) is 9.59 Å². The number of halogens is 3. The number of hydrazone groups is 1. The smallest absolute Gasteiger partial charge is 0.262 e. The minimum atomic E-state index is -0.791. The van der Waals surface area contributed by atoms with E-state index in [1.807, 2.05) is 13.8 Å². The Hall–Kier alpha value is -2.08. The van der Waals surface area contributed by atoms with Crippen molar-refractivity contribution in [2.75, 3.05) is 0 Å². The first-order chi connectivity index (χ1) is 12.8. The Balaban J connectivity index is 2.07. The Labute approximate surface area is 172 Å². The minimum absolute atomic E-state index is 0.165. The van der Waals surface area contributed by atoms with Gasteiger partial charge in [0.1, 0.15) is 6.04 Å². The molecule has 1 atom stereocenters. The van der Waals surface area contributed by atoms with Crippen LogP contribution in [0.5, 0.6) is 0 Å². The fourth-order valence-electron chi connectivity index (χ4n) is 2.25. The van der Waals surface area contributed by atoms with Crippen LogP contribution >= 0.6 is 34.8 Å². The van der Waals surface area contributed by atoms with E-state index < -0.39 is 17.9 Å². The van der Waals surface area contributed by atoms with Crippen LogP contribution in [0.1, 0.15) is 29.8 Å². The number of carbonyl (C=O) groups is 2. The van der Waals surface area contributed by atoms with Gasteiger partial charge in [-0.3, -0.25) is 9.59 Å². The number of amides is 2. The van der Waals surface area contributed by atoms with E-state index in [0.29, 0.717) is 26.2 Å². The minimum Gasteiger partial charge on any atom is -0.340 e. The quantitative estimate of drug-likeness (QED) is 0.525. The summed E-state index contributed by atoms with van der Waals surface area (Å²) in [5, 5.41) is 7.62. The van der Waals surface area contributed by atoms with Crippen LogP contribution < -0.4 is 10.7 Å². The van der Waals surface area contributed by atoms with E-state index in [1.165, 1.54) is 6.21 Å². The first-order valence-electron chi connectivity index (χ1n) is 8.13. The molecule has 8 heteroatoms. The predicted octanol–water partition coefficient (Wildman–Crippen LogP) is 4.55. The number of hydrogen-bond donors (Lipinski definition) is 2. The van der Waals surface area contributed by atoms with Crippen LogP contribution in [0.3, 0.4) is 0 Å². The number of nitrogens with one attached hydrogen (secondary N) is 2. The molecule has 5 nitrogen and oxygen atoms in total. The van der Waals surface area contributed by atoms with Gasteiger partial charge in [0.15, 0.2) is 0 Å². The van der Waals surface area contributed by atoms with Crippen LogP contribution in [-0.2, 0) is 4.79 Å². The van der Waals surface area contributed by atoms with Crippen LogP contribution in [-0.4, -0.2) is 24.1 Å². The van der Waals surface area contributed by atoms with Crippen LogP contribution in [0.25, 0.3) is 0 Å². The Kier molecular flexibility index (Phi) is 7.66. The van der Waals surface area contributed by atoms with Gasteiger partial charge in [0.25, 0.3) is 11.8 Å². The van der Waals surface area contributed by atoms with Crippen molar-refractivity contribution in [1.82, 2.24) is 10.7 Å². The lowest BCUT2D eigenvalue weighted by atomic mass is 10.0. The molecule has 0 aliphatic carbocycles. The van der Waals surface area contributed by atoms with Crippen LogP contribution in [0.2, 0.25) is 15.1 Å². The maximum absolute atomic E-state index is 12.4. The summed E-state index contributed by atoms with van der Waals surface area (Å²) < 4.78 is 0. The van der Waals surface area contributed by atoms with Gasteiger partial charge >= 0.3 is 0 Å². The highest BCUT2D eigenvalue weighted by Crippen LogP contribution is 2.24. The Morgan fingerprint density at radius 2 is 1.67 bits per heavy atom. The molecule has 0 aromatic heterocycles. The highest BCUT2D eigenvalue weighted by molar-refractivity contribution is 6.43. The number of benzene rings is 2. The van der Waals surface area contributed by atoms with Gasteiger partial charge in [-0.2, -0.15) is 5.10 Å². The summed E-state index contributed by atoms with van der Waals surface area (Å²) in [7, 11) is 0. The zero-order valence-electron chi connectivity index (χ0n) is 14.7. The lowest BCUT2D eigenvalue weighted by molar-refractivity contribution is -0.123. The first-order valence-corrected chi connectivity index (χ1v) is 9.27. The average Bonchev–Trinajstić information content (AvgIpc) is 2.63. The maximum atomic E-state index is 12.4. The van der Waals surface area contributed by atoms with Crippen molar-refractivity contribution in [3.8, 4) is 0 Å². The third-order valence-electron chi connectivity index (χ3n) is 3.71. The van der Waals surface area contributed by atoms with E-state index in [2.05, 4.69) is 15.8 Å². The van der Waals surface area contributed by atoms with Gasteiger partial charge in [0.05, 0.1) is 26.8 Å². The van der Waals surface area contributed by atoms with Crippen molar-refractivity contribution in [1.29, 1.82) is 0 Å². The maximum Gasteiger partial charge on any atom is 0.262 e. The fraction of sp³-hybridized carbons (Fsp3) is 0.211. The summed E-state index contributed by atoms with van der Waals surface area (Å²) in [5.41, 5.74) is 3.27. The van der Waals surface area contributed by atoms with Crippen molar-refractivity contribution in [3.63, 3.8) is 0 Å². The summed E-state index contributed by atoms with van der Waals surface area (Å²) in [5.74, 6) is -1.06. The normalized spacial score (nSPS) is 12.2. The summed E-state index contributed by atoms with van der Waals surface area (Å²) in [6.07, 6.45) is 1.39. The van der Waals surface area contributed by atoms with Crippen molar-refractivity contribution >= 4 is 52.8 Å². The van der Waals surface area contributed by atoms with E-state index in [1.54, 1.807) is 42.5 Å². The van der Waals surface area contributed by atoms with Gasteiger partial charge in [-0.05, 0) is 24.1 Å². The predicted molar refractivity (Wildman–Crippen MR) is 110 cm³/mol. The van der Waals surface area contributed by atoms with Crippen molar-refractivity contribution < 1.29 is 9.59 Å². The molecule has 0 fully saturated rings. The fourth-order valence-corrected chi connectivity index (χ4v) is 2.83. The number of nitrogens with zero attached hydrogens (tertiary/aromatic N) is 1. The van der Waals surface area contributed by atoms with E-state index in [-0.39, 0.29) is 5.92 Å². The molecule has 0 aliphatic rings. The SMILES string of the molecule is CC(C)C(NC(=O)c1ccccc1Cl)C(=O)NN=Cc1cccc(Cl)c1Cl. The molecule has 0 radical (unpaired) electrons. The number of rotatable bonds is 6. The third-order valence-corrected chi connectivity index (χ3v) is 4.88. The molecule has 2 rings (SSSR count). The van der Waals surface area contributed by atoms with Gasteiger partial charge in [-0.1, -0.05) is 72.9 Å². The molecule has 0 spiro atoms. The zero-order valence-corrected chi connectivity index (χ0v) is 16.9. The molecular formula is C19H18Cl3N3O2. The van der Waals surface area contributed by atoms with E-state index >= 15 is 0 Å². The molecule has 0 saturated carbocycles. The summed E-state index contributed by atoms with van der Waals surface area (Å²) in [6, 6.07) is 10.9. The van der Waals surface area contributed by atoms with Gasteiger partial charge in [0.2, 0.25) is 0 Å². The number of hydrogen-bond acceptors (Lipinski definition) is 3. The Bertz CT molecular complexity index is 869. The second-order valence-corrected chi connectivity index (χ2v) is 7.24. The van der Waals surface area contributed by atoms with E-state index in [0.717, 1.165) is 0 Å². The average molecular weight is 427 g/mol. The zero-order chi connectivity index (χ0) is 20.0. The van der Waals surface area contributed by atoms with Crippen molar-refractivity contribution in [3.05, 3.63) is 68.7 Å². The Morgan fingerprint density at radius 3 is 2.33 bits per heavy atom. The van der Waals surface area contributed by atoms with Gasteiger partial charge in [0, 0.05) is 5.56 Å². The molecule has 0 aliphatic heterocycles. The Morgan fingerprint density at radius 1 is 1.00 bits per heavy atom. The van der Waals surface area contributed by atoms with Crippen molar-refractivity contribution in [2.24, 2.45) is 11.0 Å². The molecule has 27 heavy (non-hydrogen) atoms. The van der Waals surface area contributed by atoms with Crippen LogP contribution in [0.15, 0.2) is 47.6 Å². The van der Waals surface area contributed by atoms with Crippen LogP contribution in [0, 0.1) is 5.92 Å². The molecule has 2 aromatic carbocycles. The van der Waals surface area contributed by atoms with Gasteiger partial charge < -0.3 is 5.32 Å². The summed E-state index contributed by atoms with van der Waals surface area (Å²) >= 11 is 18.0. The number of carbonyl (C=O) groups excluding carboxylic acids is 2. The highest BCUT2D eigenvalue weighted by atomic mass is 35.5. The molecule has 0 bridgehead atoms. The summed E-state index contributed by atoms with van der Waals surface area (Å²) in [6.45, 7) is 3.63. The van der Waals surface area contributed by atoms with E-state index in [4.69, 9.17) is 34.8 Å². The second-order valence-electron chi connectivity index (χ2n) is 6.05. The second kappa shape index (κ2) is 9.74. The molecule has 2 amide bonds. The van der Waals surface area contributed by atoms with Crippen molar-refractivity contribution in [2.45, 2.75) is 19.9 Å². The molecular weight excluding hydrogens is 409 g/mol. The highest BCUT2D eigenvalue weighted by Gasteiger charge is 2.25. The molecule has 142 valence electrons. The standard InChI is InChI=1S/C19H18Cl3N3O2/c1-11(2)17(24-18(26)13-7-3-4-8-14(13)20)19(27)25-23-10-12-6-5-9-15(21)16(12)22/h3-11,17H,1-2H3,(H,24,26)(H,25,27). The third kappa shape index (κ3) is 5.70. The lowest BCUT2D eigenvalue weighted by Crippen LogP contribution is -2.48. The summed E-state index contributed by atoms with van der Waals surface area (Å²) in [4.78, 5) is 24.9. The largest absolute Gasteiger partial charge is 0.340 e. The van der Waals surface area contributed by atoms with Gasteiger partial charge in [-0.15, -0.1) is 0 Å². The molecule has 0 heterocycles. The van der Waals surface area contributed by atoms with Crippen LogP contribution in [0.4, 0.5) is 0 Å². The molecule has 2 aromatic rings. The topological polar surface area (TPSA) is 70.6 Å².